The summed E-state index contributed by atoms with van der Waals surface area (Å²) in [7, 11) is -2.20. The lowest BCUT2D eigenvalue weighted by Gasteiger charge is -2.28. The number of halogens is 1. The van der Waals surface area contributed by atoms with Crippen molar-refractivity contribution < 1.29 is 22.6 Å². The topological polar surface area (TPSA) is 90.9 Å². The van der Waals surface area contributed by atoms with E-state index < -0.39 is 15.6 Å². The first-order chi connectivity index (χ1) is 20.9. The number of para-hydroxylation sites is 1. The largest absolute Gasteiger partial charge is 0.490 e. The summed E-state index contributed by atoms with van der Waals surface area (Å²) in [6.07, 6.45) is 8.28. The predicted octanol–water partition coefficient (Wildman–Crippen LogP) is 6.30. The van der Waals surface area contributed by atoms with Gasteiger partial charge in [0, 0.05) is 54.1 Å². The van der Waals surface area contributed by atoms with E-state index in [2.05, 4.69) is 16.0 Å². The molecule has 0 N–H and O–H groups in total. The minimum atomic E-state index is -3.77. The van der Waals surface area contributed by atoms with E-state index in [9.17, 15) is 8.42 Å². The molecule has 3 heterocycles. The number of hydrogen-bond acceptors (Lipinski definition) is 7. The van der Waals surface area contributed by atoms with Crippen LogP contribution in [-0.4, -0.2) is 42.4 Å². The van der Waals surface area contributed by atoms with Gasteiger partial charge in [-0.05, 0) is 72.7 Å². The molecule has 2 fully saturated rings. The summed E-state index contributed by atoms with van der Waals surface area (Å²) in [5.74, 6) is 1.39. The molecule has 0 saturated heterocycles. The smallest absolute Gasteiger partial charge is 0.243 e. The summed E-state index contributed by atoms with van der Waals surface area (Å²) in [6, 6.07) is 18.6. The molecular formula is C33H32ClN3O5S. The monoisotopic (exact) mass is 617 g/mol. The molecule has 4 aromatic rings. The highest BCUT2D eigenvalue weighted by atomic mass is 35.5. The summed E-state index contributed by atoms with van der Waals surface area (Å²) in [4.78, 5) is 9.11. The van der Waals surface area contributed by atoms with Crippen molar-refractivity contribution >= 4 is 21.6 Å². The van der Waals surface area contributed by atoms with Gasteiger partial charge in [-0.2, -0.15) is 4.31 Å². The number of rotatable bonds is 10. The first-order valence-corrected chi connectivity index (χ1v) is 16.3. The molecule has 0 radical (unpaired) electrons. The zero-order valence-electron chi connectivity index (χ0n) is 23.8. The van der Waals surface area contributed by atoms with Crippen LogP contribution >= 0.6 is 11.6 Å². The van der Waals surface area contributed by atoms with E-state index in [1.807, 2.05) is 36.5 Å². The van der Waals surface area contributed by atoms with Crippen molar-refractivity contribution in [2.45, 2.75) is 61.9 Å². The van der Waals surface area contributed by atoms with Crippen molar-refractivity contribution in [3.05, 3.63) is 100 Å². The minimum Gasteiger partial charge on any atom is -0.490 e. The van der Waals surface area contributed by atoms with Crippen molar-refractivity contribution in [3.63, 3.8) is 0 Å². The van der Waals surface area contributed by atoms with Gasteiger partial charge in [0.1, 0.15) is 5.75 Å². The quantitative estimate of drug-likeness (QED) is 0.206. The van der Waals surface area contributed by atoms with Crippen LogP contribution in [0.5, 0.6) is 11.6 Å². The lowest BCUT2D eigenvalue weighted by atomic mass is 9.96. The molecule has 8 nitrogen and oxygen atoms in total. The van der Waals surface area contributed by atoms with Crippen LogP contribution < -0.4 is 9.47 Å². The van der Waals surface area contributed by atoms with Gasteiger partial charge in [0.25, 0.3) is 0 Å². The number of ether oxygens (including phenoxy) is 3. The van der Waals surface area contributed by atoms with Gasteiger partial charge in [0.2, 0.25) is 15.9 Å². The van der Waals surface area contributed by atoms with Crippen LogP contribution in [0.25, 0.3) is 11.1 Å². The van der Waals surface area contributed by atoms with Crippen LogP contribution in [0.15, 0.2) is 78.0 Å². The fourth-order valence-electron chi connectivity index (χ4n) is 5.63. The molecule has 0 atom stereocenters. The maximum Gasteiger partial charge on any atom is 0.243 e. The van der Waals surface area contributed by atoms with Crippen LogP contribution in [0.1, 0.15) is 48.1 Å². The minimum absolute atomic E-state index is 0.170. The summed E-state index contributed by atoms with van der Waals surface area (Å²) in [5.41, 5.74) is 4.88. The first kappa shape index (κ1) is 28.3. The number of nitrogens with zero attached hydrogens (tertiary/aromatic N) is 3. The molecule has 2 saturated carbocycles. The molecule has 0 bridgehead atoms. The lowest BCUT2D eigenvalue weighted by Crippen LogP contribution is -2.36. The van der Waals surface area contributed by atoms with Crippen LogP contribution in [0.4, 0.5) is 0 Å². The summed E-state index contributed by atoms with van der Waals surface area (Å²) in [5, 5.41) is 0.463. The lowest BCUT2D eigenvalue weighted by molar-refractivity contribution is 0.0173. The fourth-order valence-corrected chi connectivity index (χ4v) is 7.27. The Kier molecular flexibility index (Phi) is 7.37. The van der Waals surface area contributed by atoms with Crippen LogP contribution in [0.2, 0.25) is 5.02 Å². The molecule has 43 heavy (non-hydrogen) atoms. The average Bonchev–Trinajstić information content (AvgIpc) is 3.98. The number of pyridine rings is 2. The van der Waals surface area contributed by atoms with Crippen molar-refractivity contribution in [1.82, 2.24) is 14.3 Å². The SMILES string of the molecule is COc1ccc2c(n1)CCN(S(=O)(=O)c1ccc(Cl)c(COC3(c4cnccc4-c4ccccc4OC4CC4)CC3)c1)C2. The number of sulfonamides is 1. The first-order valence-electron chi connectivity index (χ1n) is 14.5. The molecule has 2 aromatic heterocycles. The van der Waals surface area contributed by atoms with Crippen LogP contribution in [-0.2, 0) is 39.9 Å². The normalized spacial score (nSPS) is 17.7. The highest BCUT2D eigenvalue weighted by molar-refractivity contribution is 7.89. The third-order valence-corrected chi connectivity index (χ3v) is 10.6. The number of methoxy groups -OCH3 is 1. The maximum absolute atomic E-state index is 13.7. The van der Waals surface area contributed by atoms with E-state index in [1.165, 1.54) is 4.31 Å². The molecule has 10 heteroatoms. The van der Waals surface area contributed by atoms with Gasteiger partial charge in [-0.1, -0.05) is 35.9 Å². The molecule has 0 unspecified atom stereocenters. The molecule has 222 valence electrons. The Morgan fingerprint density at radius 2 is 1.88 bits per heavy atom. The van der Waals surface area contributed by atoms with Crippen LogP contribution in [0.3, 0.4) is 0 Å². The van der Waals surface area contributed by atoms with E-state index in [-0.39, 0.29) is 24.2 Å². The molecule has 2 aliphatic carbocycles. The second-order valence-corrected chi connectivity index (χ2v) is 13.7. The Morgan fingerprint density at radius 1 is 1.05 bits per heavy atom. The molecule has 0 amide bonds. The van der Waals surface area contributed by atoms with Gasteiger partial charge >= 0.3 is 0 Å². The van der Waals surface area contributed by atoms with E-state index in [0.29, 0.717) is 29.4 Å². The maximum atomic E-state index is 13.7. The highest BCUT2D eigenvalue weighted by Gasteiger charge is 2.48. The van der Waals surface area contributed by atoms with E-state index in [0.717, 1.165) is 59.4 Å². The molecule has 3 aliphatic rings. The van der Waals surface area contributed by atoms with Gasteiger partial charge in [-0.15, -0.1) is 0 Å². The number of benzene rings is 2. The molecule has 2 aromatic carbocycles. The third-order valence-electron chi connectivity index (χ3n) is 8.37. The van der Waals surface area contributed by atoms with Gasteiger partial charge in [-0.25, -0.2) is 13.4 Å². The molecule has 0 spiro atoms. The standard InChI is InChI=1S/C33H32ClN3O5S/c1-40-32-11-6-22-20-37(17-13-30(22)36-32)43(38,39)25-9-10-29(34)23(18-25)21-41-33(14-15-33)28-19-35-16-12-26(28)27-4-2-3-5-31(27)42-24-7-8-24/h2-6,9-12,16,18-19,24H,7-8,13-15,17,20-21H2,1H3. The van der Waals surface area contributed by atoms with Gasteiger partial charge < -0.3 is 14.2 Å². The molecular weight excluding hydrogens is 586 g/mol. The Labute approximate surface area is 256 Å². The van der Waals surface area contributed by atoms with E-state index in [4.69, 9.17) is 25.8 Å². The Hall–Kier alpha value is -3.50. The number of hydrogen-bond donors (Lipinski definition) is 0. The van der Waals surface area contributed by atoms with E-state index >= 15 is 0 Å². The van der Waals surface area contributed by atoms with Crippen molar-refractivity contribution in [3.8, 4) is 22.8 Å². The van der Waals surface area contributed by atoms with Gasteiger partial charge in [0.15, 0.2) is 0 Å². The van der Waals surface area contributed by atoms with Crippen molar-refractivity contribution in [2.24, 2.45) is 0 Å². The second-order valence-electron chi connectivity index (χ2n) is 11.3. The van der Waals surface area contributed by atoms with Crippen molar-refractivity contribution in [1.29, 1.82) is 0 Å². The van der Waals surface area contributed by atoms with Crippen molar-refractivity contribution in [2.75, 3.05) is 13.7 Å². The molecule has 7 rings (SSSR count). The average molecular weight is 618 g/mol. The third kappa shape index (κ3) is 5.62. The zero-order chi connectivity index (χ0) is 29.6. The summed E-state index contributed by atoms with van der Waals surface area (Å²) >= 11 is 6.59. The fraction of sp³-hybridized carbons (Fsp3) is 0.333. The number of aromatic nitrogens is 2. The van der Waals surface area contributed by atoms with E-state index in [1.54, 1.807) is 37.6 Å². The van der Waals surface area contributed by atoms with Gasteiger partial charge in [0.05, 0.1) is 36.0 Å². The second kappa shape index (κ2) is 11.2. The summed E-state index contributed by atoms with van der Waals surface area (Å²) < 4.78 is 46.9. The predicted molar refractivity (Wildman–Crippen MR) is 163 cm³/mol. The van der Waals surface area contributed by atoms with Gasteiger partial charge in [-0.3, -0.25) is 4.98 Å². The summed E-state index contributed by atoms with van der Waals surface area (Å²) in [6.45, 7) is 0.758. The highest BCUT2D eigenvalue weighted by Crippen LogP contribution is 2.53. The Balaban J connectivity index is 1.12. The zero-order valence-corrected chi connectivity index (χ0v) is 25.4. The molecule has 1 aliphatic heterocycles. The number of fused-ring (bicyclic) bond motifs is 1. The Bertz CT molecular complexity index is 1790. The van der Waals surface area contributed by atoms with Crippen LogP contribution in [0, 0.1) is 0 Å². The Morgan fingerprint density at radius 3 is 2.67 bits per heavy atom.